The maximum absolute atomic E-state index is 12.9. The van der Waals surface area contributed by atoms with Gasteiger partial charge in [-0.15, -0.1) is 0 Å². The first-order valence-corrected chi connectivity index (χ1v) is 24.0. The first-order valence-electron chi connectivity index (χ1n) is 22.5. The monoisotopic (exact) mass is 810 g/mol. The zero-order valence-corrected chi connectivity index (χ0v) is 35.6. The summed E-state index contributed by atoms with van der Waals surface area (Å²) in [6, 6.07) is -1.02. The number of unbranched alkanes of at least 4 members (excludes halogenated alkanes) is 26. The number of aliphatic hydroxyl groups excluding tert-OH is 6. The summed E-state index contributed by atoms with van der Waals surface area (Å²) in [5, 5.41) is 63.9. The summed E-state index contributed by atoms with van der Waals surface area (Å²) >= 11 is 0. The standard InChI is InChI=1S/C42H84NO11P/c1-3-5-7-9-11-13-14-15-16-17-18-19-20-21-22-24-26-28-30-32-36(45)43-34(35(44)31-29-27-25-23-12-10-8-6-4-2)33-53-55(51,52)54-42-40(49)38(47)37(46)39(48)41(42)50/h34-35,37-42,44,46-50H,3-33H2,1-2H3,(H,43,45)(H,51,52)/t34-,35+,37?,38+,39?,40?,41?,42?/m0/s1. The number of amides is 1. The number of hydrogen-bond acceptors (Lipinski definition) is 10. The quantitative estimate of drug-likeness (QED) is 0.0224. The van der Waals surface area contributed by atoms with Crippen molar-refractivity contribution in [2.45, 2.75) is 255 Å². The number of carbonyl (C=O) groups is 1. The fraction of sp³-hybridized carbons (Fsp3) is 0.976. The third kappa shape index (κ3) is 25.4. The number of aliphatic hydroxyl groups is 6. The molecule has 9 atom stereocenters. The van der Waals surface area contributed by atoms with Gasteiger partial charge in [-0.05, 0) is 12.8 Å². The van der Waals surface area contributed by atoms with Gasteiger partial charge in [0.2, 0.25) is 5.91 Å². The summed E-state index contributed by atoms with van der Waals surface area (Å²) in [6.07, 6.45) is 21.6. The van der Waals surface area contributed by atoms with E-state index < -0.39 is 63.2 Å². The molecule has 13 heteroatoms. The lowest BCUT2D eigenvalue weighted by atomic mass is 9.85. The number of phosphoric ester groups is 1. The molecule has 0 aromatic carbocycles. The van der Waals surface area contributed by atoms with Crippen LogP contribution in [0.15, 0.2) is 0 Å². The molecule has 12 nitrogen and oxygen atoms in total. The molecule has 1 saturated carbocycles. The van der Waals surface area contributed by atoms with E-state index in [1.165, 1.54) is 128 Å². The predicted octanol–water partition coefficient (Wildman–Crippen LogP) is 7.90. The van der Waals surface area contributed by atoms with E-state index in [0.29, 0.717) is 19.3 Å². The molecule has 0 bridgehead atoms. The van der Waals surface area contributed by atoms with Gasteiger partial charge in [-0.25, -0.2) is 4.57 Å². The molecule has 1 amide bonds. The topological polar surface area (TPSA) is 206 Å². The second kappa shape index (κ2) is 33.2. The Bertz CT molecular complexity index is 946. The fourth-order valence-corrected chi connectivity index (χ4v) is 8.40. The Balaban J connectivity index is 2.40. The first-order chi connectivity index (χ1) is 26.4. The van der Waals surface area contributed by atoms with Crippen LogP contribution in [0.25, 0.3) is 0 Å². The molecule has 1 fully saturated rings. The zero-order chi connectivity index (χ0) is 40.7. The normalized spacial score (nSPS) is 23.7. The molecule has 0 heterocycles. The maximum atomic E-state index is 12.9. The van der Waals surface area contributed by atoms with E-state index >= 15 is 0 Å². The predicted molar refractivity (Wildman–Crippen MR) is 218 cm³/mol. The number of rotatable bonds is 37. The SMILES string of the molecule is CCCCCCCCCCCCCCCCCCCCCC(=O)N[C@@H](COP(=O)(O)OC1C(O)C(O)C(O)[C@@H](O)C1O)[C@H](O)CCCCCCCCCCC. The van der Waals surface area contributed by atoms with Crippen LogP contribution < -0.4 is 5.32 Å². The van der Waals surface area contributed by atoms with Crippen LogP contribution in [0.5, 0.6) is 0 Å². The van der Waals surface area contributed by atoms with Crippen LogP contribution in [0, 0.1) is 0 Å². The Hall–Kier alpha value is -0.660. The lowest BCUT2D eigenvalue weighted by Crippen LogP contribution is -2.64. The van der Waals surface area contributed by atoms with Gasteiger partial charge >= 0.3 is 7.82 Å². The largest absolute Gasteiger partial charge is 0.472 e. The summed E-state index contributed by atoms with van der Waals surface area (Å²) < 4.78 is 22.9. The van der Waals surface area contributed by atoms with Crippen LogP contribution in [0.2, 0.25) is 0 Å². The maximum Gasteiger partial charge on any atom is 0.472 e. The van der Waals surface area contributed by atoms with Crippen molar-refractivity contribution in [1.29, 1.82) is 0 Å². The molecule has 0 aromatic heterocycles. The van der Waals surface area contributed by atoms with Gasteiger partial charge in [0.15, 0.2) is 0 Å². The average molecular weight is 810 g/mol. The molecule has 8 N–H and O–H groups in total. The molecule has 328 valence electrons. The molecule has 0 saturated heterocycles. The fourth-order valence-electron chi connectivity index (χ4n) is 7.44. The summed E-state index contributed by atoms with van der Waals surface area (Å²) in [5.74, 6) is -0.307. The lowest BCUT2D eigenvalue weighted by Gasteiger charge is -2.41. The van der Waals surface area contributed by atoms with Crippen molar-refractivity contribution in [2.24, 2.45) is 0 Å². The van der Waals surface area contributed by atoms with Gasteiger partial charge < -0.3 is 40.8 Å². The molecule has 0 aromatic rings. The molecule has 1 aliphatic carbocycles. The summed E-state index contributed by atoms with van der Waals surface area (Å²) in [4.78, 5) is 23.3. The van der Waals surface area contributed by atoms with E-state index in [4.69, 9.17) is 9.05 Å². The third-order valence-electron chi connectivity index (χ3n) is 11.2. The minimum Gasteiger partial charge on any atom is -0.391 e. The van der Waals surface area contributed by atoms with Gasteiger partial charge in [0.05, 0.1) is 18.8 Å². The number of nitrogens with one attached hydrogen (secondary N) is 1. The van der Waals surface area contributed by atoms with Crippen molar-refractivity contribution in [3.8, 4) is 0 Å². The summed E-state index contributed by atoms with van der Waals surface area (Å²) in [6.45, 7) is 3.86. The minimum absolute atomic E-state index is 0.242. The highest BCUT2D eigenvalue weighted by atomic mass is 31.2. The highest BCUT2D eigenvalue weighted by Gasteiger charge is 2.51. The van der Waals surface area contributed by atoms with Gasteiger partial charge in [0.25, 0.3) is 0 Å². The molecular weight excluding hydrogens is 725 g/mol. The third-order valence-corrected chi connectivity index (χ3v) is 12.2. The molecule has 1 rings (SSSR count). The summed E-state index contributed by atoms with van der Waals surface area (Å²) in [7, 11) is -5.04. The molecule has 0 aliphatic heterocycles. The Kier molecular flexibility index (Phi) is 31.6. The minimum atomic E-state index is -5.04. The van der Waals surface area contributed by atoms with Crippen molar-refractivity contribution in [3.05, 3.63) is 0 Å². The number of phosphoric acid groups is 1. The van der Waals surface area contributed by atoms with Crippen molar-refractivity contribution < 1.29 is 53.9 Å². The molecular formula is C42H84NO11P. The molecule has 0 radical (unpaired) electrons. The van der Waals surface area contributed by atoms with Crippen LogP contribution in [-0.4, -0.2) is 96.8 Å². The zero-order valence-electron chi connectivity index (χ0n) is 34.7. The van der Waals surface area contributed by atoms with Crippen molar-refractivity contribution in [1.82, 2.24) is 5.32 Å². The van der Waals surface area contributed by atoms with Crippen molar-refractivity contribution >= 4 is 13.7 Å². The Morgan fingerprint density at radius 1 is 0.545 bits per heavy atom. The Labute approximate surface area is 334 Å². The van der Waals surface area contributed by atoms with Gasteiger partial charge in [0.1, 0.15) is 36.6 Å². The van der Waals surface area contributed by atoms with Gasteiger partial charge in [-0.1, -0.05) is 187 Å². The highest BCUT2D eigenvalue weighted by molar-refractivity contribution is 7.47. The van der Waals surface area contributed by atoms with E-state index in [1.54, 1.807) is 0 Å². The lowest BCUT2D eigenvalue weighted by molar-refractivity contribution is -0.220. The van der Waals surface area contributed by atoms with Gasteiger partial charge in [0, 0.05) is 6.42 Å². The van der Waals surface area contributed by atoms with E-state index in [-0.39, 0.29) is 12.3 Å². The smallest absolute Gasteiger partial charge is 0.391 e. The van der Waals surface area contributed by atoms with E-state index in [0.717, 1.165) is 38.5 Å². The molecule has 1 aliphatic rings. The van der Waals surface area contributed by atoms with E-state index in [9.17, 15) is 44.9 Å². The molecule has 0 spiro atoms. The van der Waals surface area contributed by atoms with Crippen molar-refractivity contribution in [3.63, 3.8) is 0 Å². The highest BCUT2D eigenvalue weighted by Crippen LogP contribution is 2.47. The van der Waals surface area contributed by atoms with Crippen LogP contribution in [0.1, 0.15) is 206 Å². The van der Waals surface area contributed by atoms with Gasteiger partial charge in [-0.3, -0.25) is 13.8 Å². The van der Waals surface area contributed by atoms with Crippen molar-refractivity contribution in [2.75, 3.05) is 6.61 Å². The van der Waals surface area contributed by atoms with Crippen LogP contribution in [0.3, 0.4) is 0 Å². The molecule has 55 heavy (non-hydrogen) atoms. The average Bonchev–Trinajstić information content (AvgIpc) is 3.16. The number of carbonyl (C=O) groups excluding carboxylic acids is 1. The first kappa shape index (κ1) is 52.4. The summed E-state index contributed by atoms with van der Waals surface area (Å²) in [5.41, 5.74) is 0. The van der Waals surface area contributed by atoms with Crippen LogP contribution in [-0.2, 0) is 18.4 Å². The van der Waals surface area contributed by atoms with Crippen LogP contribution in [0.4, 0.5) is 0 Å². The second-order valence-electron chi connectivity index (χ2n) is 16.3. The van der Waals surface area contributed by atoms with E-state index in [1.807, 2.05) is 0 Å². The second-order valence-corrected chi connectivity index (χ2v) is 17.7. The van der Waals surface area contributed by atoms with E-state index in [2.05, 4.69) is 19.2 Å². The van der Waals surface area contributed by atoms with Crippen LogP contribution >= 0.6 is 7.82 Å². The van der Waals surface area contributed by atoms with Gasteiger partial charge in [-0.2, -0.15) is 0 Å². The number of hydrogen-bond donors (Lipinski definition) is 8. The molecule has 6 unspecified atom stereocenters. The Morgan fingerprint density at radius 3 is 1.25 bits per heavy atom. The Morgan fingerprint density at radius 2 is 0.873 bits per heavy atom.